The fourth-order valence-corrected chi connectivity index (χ4v) is 2.37. The second-order valence-corrected chi connectivity index (χ2v) is 4.37. The lowest BCUT2D eigenvalue weighted by Crippen LogP contribution is -2.49. The van der Waals surface area contributed by atoms with Crippen molar-refractivity contribution in [3.05, 3.63) is 29.8 Å². The second kappa shape index (κ2) is 5.04. The van der Waals surface area contributed by atoms with Gasteiger partial charge in [-0.2, -0.15) is 0 Å². The monoisotopic (exact) mass is 237 g/mol. The van der Waals surface area contributed by atoms with Crippen molar-refractivity contribution in [2.75, 3.05) is 26.4 Å². The van der Waals surface area contributed by atoms with Gasteiger partial charge in [-0.25, -0.2) is 0 Å². The summed E-state index contributed by atoms with van der Waals surface area (Å²) in [6.45, 7) is 3.31. The average molecular weight is 237 g/mol. The minimum Gasteiger partial charge on any atom is -0.493 e. The number of hydrogen-bond donors (Lipinski definition) is 2. The van der Waals surface area contributed by atoms with Crippen LogP contribution in [0.2, 0.25) is 0 Å². The summed E-state index contributed by atoms with van der Waals surface area (Å²) in [5, 5.41) is 8.94. The summed E-state index contributed by atoms with van der Waals surface area (Å²) < 4.78 is 11.5. The van der Waals surface area contributed by atoms with Gasteiger partial charge in [0.25, 0.3) is 0 Å². The molecule has 1 aromatic carbocycles. The highest BCUT2D eigenvalue weighted by Crippen LogP contribution is 2.42. The van der Waals surface area contributed by atoms with Crippen molar-refractivity contribution < 1.29 is 14.6 Å². The molecule has 0 aliphatic carbocycles. The Morgan fingerprint density at radius 3 is 3.00 bits per heavy atom. The quantitative estimate of drug-likeness (QED) is 0.816. The molecule has 0 saturated heterocycles. The Morgan fingerprint density at radius 2 is 2.29 bits per heavy atom. The zero-order chi connectivity index (χ0) is 12.3. The van der Waals surface area contributed by atoms with Crippen molar-refractivity contribution in [3.8, 4) is 5.75 Å². The van der Waals surface area contributed by atoms with Gasteiger partial charge in [-0.05, 0) is 6.07 Å². The van der Waals surface area contributed by atoms with Gasteiger partial charge in [0.05, 0.1) is 19.8 Å². The lowest BCUT2D eigenvalue weighted by Gasteiger charge is -2.42. The number of aliphatic hydroxyl groups excluding tert-OH is 1. The molecule has 0 bridgehead atoms. The van der Waals surface area contributed by atoms with E-state index in [9.17, 15) is 0 Å². The number of aliphatic hydroxyl groups is 1. The Kier molecular flexibility index (Phi) is 3.66. The lowest BCUT2D eigenvalue weighted by molar-refractivity contribution is -0.112. The highest BCUT2D eigenvalue weighted by molar-refractivity contribution is 5.40. The van der Waals surface area contributed by atoms with E-state index in [0.717, 1.165) is 11.3 Å². The van der Waals surface area contributed by atoms with Crippen LogP contribution in [0.25, 0.3) is 0 Å². The molecular weight excluding hydrogens is 218 g/mol. The lowest BCUT2D eigenvalue weighted by atomic mass is 9.80. The molecule has 1 aliphatic rings. The number of ether oxygens (including phenoxy) is 2. The molecule has 0 fully saturated rings. The van der Waals surface area contributed by atoms with Crippen LogP contribution in [0, 0.1) is 5.92 Å². The van der Waals surface area contributed by atoms with Gasteiger partial charge < -0.3 is 20.3 Å². The number of rotatable bonds is 4. The molecule has 0 amide bonds. The molecule has 1 aromatic rings. The maximum Gasteiger partial charge on any atom is 0.125 e. The molecule has 2 atom stereocenters. The fraction of sp³-hybridized carbons (Fsp3) is 0.538. The SMILES string of the molecule is CC1COc2ccccc2C1(CN)OCCO. The average Bonchev–Trinajstić information content (AvgIpc) is 2.38. The smallest absolute Gasteiger partial charge is 0.125 e. The number of nitrogens with two attached hydrogens (primary N) is 1. The Hall–Kier alpha value is -1.10. The second-order valence-electron chi connectivity index (χ2n) is 4.37. The van der Waals surface area contributed by atoms with Crippen LogP contribution in [0.1, 0.15) is 12.5 Å². The fourth-order valence-electron chi connectivity index (χ4n) is 2.37. The Morgan fingerprint density at radius 1 is 1.53 bits per heavy atom. The molecule has 94 valence electrons. The molecule has 4 heteroatoms. The molecule has 1 aliphatic heterocycles. The molecule has 0 saturated carbocycles. The first-order chi connectivity index (χ1) is 8.24. The largest absolute Gasteiger partial charge is 0.493 e. The van der Waals surface area contributed by atoms with Crippen molar-refractivity contribution in [1.29, 1.82) is 0 Å². The number of fused-ring (bicyclic) bond motifs is 1. The predicted molar refractivity (Wildman–Crippen MR) is 64.9 cm³/mol. The molecule has 0 spiro atoms. The molecular formula is C13H19NO3. The van der Waals surface area contributed by atoms with E-state index < -0.39 is 5.60 Å². The predicted octanol–water partition coefficient (Wildman–Crippen LogP) is 0.878. The van der Waals surface area contributed by atoms with Crippen LogP contribution in [0.15, 0.2) is 24.3 Å². The molecule has 2 unspecified atom stereocenters. The number of benzene rings is 1. The Balaban J connectivity index is 2.41. The van der Waals surface area contributed by atoms with Crippen LogP contribution in [0.5, 0.6) is 5.75 Å². The molecule has 17 heavy (non-hydrogen) atoms. The third-order valence-electron chi connectivity index (χ3n) is 3.38. The molecule has 4 nitrogen and oxygen atoms in total. The molecule has 0 aromatic heterocycles. The van der Waals surface area contributed by atoms with Gasteiger partial charge in [-0.15, -0.1) is 0 Å². The van der Waals surface area contributed by atoms with Crippen molar-refractivity contribution >= 4 is 0 Å². The first-order valence-electron chi connectivity index (χ1n) is 5.92. The normalized spacial score (nSPS) is 27.4. The van der Waals surface area contributed by atoms with Gasteiger partial charge in [0.1, 0.15) is 11.4 Å². The van der Waals surface area contributed by atoms with E-state index in [2.05, 4.69) is 6.92 Å². The zero-order valence-corrected chi connectivity index (χ0v) is 10.1. The maximum atomic E-state index is 8.94. The Labute approximate surface area is 101 Å². The van der Waals surface area contributed by atoms with E-state index in [0.29, 0.717) is 13.2 Å². The summed E-state index contributed by atoms with van der Waals surface area (Å²) in [7, 11) is 0. The summed E-state index contributed by atoms with van der Waals surface area (Å²) in [5.41, 5.74) is 6.36. The molecule has 1 heterocycles. The molecule has 0 radical (unpaired) electrons. The standard InChI is InChI=1S/C13H19NO3/c1-10-8-16-12-5-3-2-4-11(12)13(10,9-14)17-7-6-15/h2-5,10,15H,6-9,14H2,1H3. The van der Waals surface area contributed by atoms with Crippen LogP contribution in [0.3, 0.4) is 0 Å². The van der Waals surface area contributed by atoms with Crippen LogP contribution in [0.4, 0.5) is 0 Å². The van der Waals surface area contributed by atoms with Crippen LogP contribution >= 0.6 is 0 Å². The highest BCUT2D eigenvalue weighted by atomic mass is 16.5. The number of para-hydroxylation sites is 1. The van der Waals surface area contributed by atoms with Crippen LogP contribution < -0.4 is 10.5 Å². The summed E-state index contributed by atoms with van der Waals surface area (Å²) in [6.07, 6.45) is 0. The topological polar surface area (TPSA) is 64.7 Å². The maximum absolute atomic E-state index is 8.94. The highest BCUT2D eigenvalue weighted by Gasteiger charge is 2.43. The number of hydrogen-bond acceptors (Lipinski definition) is 4. The van der Waals surface area contributed by atoms with Crippen LogP contribution in [-0.2, 0) is 10.3 Å². The zero-order valence-electron chi connectivity index (χ0n) is 10.1. The van der Waals surface area contributed by atoms with Crippen molar-refractivity contribution in [2.45, 2.75) is 12.5 Å². The van der Waals surface area contributed by atoms with Gasteiger partial charge in [-0.1, -0.05) is 25.1 Å². The van der Waals surface area contributed by atoms with E-state index >= 15 is 0 Å². The summed E-state index contributed by atoms with van der Waals surface area (Å²) in [5.74, 6) is 0.989. The van der Waals surface area contributed by atoms with E-state index in [1.807, 2.05) is 24.3 Å². The summed E-state index contributed by atoms with van der Waals surface area (Å²) >= 11 is 0. The van der Waals surface area contributed by atoms with Gasteiger partial charge in [-0.3, -0.25) is 0 Å². The minimum atomic E-state index is -0.544. The van der Waals surface area contributed by atoms with E-state index in [1.54, 1.807) is 0 Å². The van der Waals surface area contributed by atoms with Crippen molar-refractivity contribution in [2.24, 2.45) is 11.7 Å². The summed E-state index contributed by atoms with van der Waals surface area (Å²) in [4.78, 5) is 0. The molecule has 2 rings (SSSR count). The van der Waals surface area contributed by atoms with Gasteiger partial charge in [0.2, 0.25) is 0 Å². The van der Waals surface area contributed by atoms with Gasteiger partial charge in [0, 0.05) is 18.0 Å². The minimum absolute atomic E-state index is 0.00249. The van der Waals surface area contributed by atoms with E-state index in [-0.39, 0.29) is 19.1 Å². The summed E-state index contributed by atoms with van der Waals surface area (Å²) in [6, 6.07) is 7.79. The van der Waals surface area contributed by atoms with Gasteiger partial charge >= 0.3 is 0 Å². The van der Waals surface area contributed by atoms with E-state index in [4.69, 9.17) is 20.3 Å². The first-order valence-corrected chi connectivity index (χ1v) is 5.92. The van der Waals surface area contributed by atoms with Gasteiger partial charge in [0.15, 0.2) is 0 Å². The molecule has 3 N–H and O–H groups in total. The third kappa shape index (κ3) is 2.04. The van der Waals surface area contributed by atoms with E-state index in [1.165, 1.54) is 0 Å². The van der Waals surface area contributed by atoms with Crippen LogP contribution in [-0.4, -0.2) is 31.5 Å². The Bertz CT molecular complexity index is 383. The first kappa shape index (κ1) is 12.4. The van der Waals surface area contributed by atoms with Crippen molar-refractivity contribution in [1.82, 2.24) is 0 Å². The third-order valence-corrected chi connectivity index (χ3v) is 3.38. The van der Waals surface area contributed by atoms with Crippen molar-refractivity contribution in [3.63, 3.8) is 0 Å².